The van der Waals surface area contributed by atoms with Crippen LogP contribution in [0.15, 0.2) is 54.6 Å². The molecule has 24 heavy (non-hydrogen) atoms. The van der Waals surface area contributed by atoms with Gasteiger partial charge in [0.25, 0.3) is 5.91 Å². The lowest BCUT2D eigenvalue weighted by Gasteiger charge is -2.20. The fourth-order valence-electron chi connectivity index (χ4n) is 2.29. The number of para-hydroxylation sites is 1. The number of carbonyl (C=O) groups excluding carboxylic acids is 1. The first kappa shape index (κ1) is 17.5. The summed E-state index contributed by atoms with van der Waals surface area (Å²) in [4.78, 5) is 24.4. The summed E-state index contributed by atoms with van der Waals surface area (Å²) in [5, 5.41) is 8.91. The number of rotatable bonds is 7. The Labute approximate surface area is 141 Å². The third-order valence-corrected chi connectivity index (χ3v) is 3.72. The first-order valence-electron chi connectivity index (χ1n) is 7.73. The summed E-state index contributed by atoms with van der Waals surface area (Å²) in [6, 6.07) is 17.3. The summed E-state index contributed by atoms with van der Waals surface area (Å²) in [5.41, 5.74) is 1.92. The van der Waals surface area contributed by atoms with Crippen LogP contribution in [0.4, 0.5) is 0 Å². The SMILES string of the molecule is CC(CN(C)C(=O)COc1ccccc1-c1ccccc1)C(=O)O. The lowest BCUT2D eigenvalue weighted by Crippen LogP contribution is -2.36. The van der Waals surface area contributed by atoms with Crippen molar-refractivity contribution >= 4 is 11.9 Å². The number of nitrogens with zero attached hydrogens (tertiary/aromatic N) is 1. The number of likely N-dealkylation sites (N-methyl/N-ethyl adjacent to an activating group) is 1. The molecule has 0 saturated carbocycles. The van der Waals surface area contributed by atoms with Gasteiger partial charge >= 0.3 is 5.97 Å². The molecule has 0 bridgehead atoms. The largest absolute Gasteiger partial charge is 0.483 e. The molecule has 0 aromatic heterocycles. The van der Waals surface area contributed by atoms with E-state index >= 15 is 0 Å². The van der Waals surface area contributed by atoms with Crippen LogP contribution >= 0.6 is 0 Å². The highest BCUT2D eigenvalue weighted by Crippen LogP contribution is 2.29. The topological polar surface area (TPSA) is 66.8 Å². The molecule has 5 nitrogen and oxygen atoms in total. The normalized spacial score (nSPS) is 11.6. The van der Waals surface area contributed by atoms with Gasteiger partial charge in [0.1, 0.15) is 5.75 Å². The van der Waals surface area contributed by atoms with Gasteiger partial charge in [-0.2, -0.15) is 0 Å². The molecule has 2 aromatic rings. The van der Waals surface area contributed by atoms with E-state index in [1.165, 1.54) is 4.90 Å². The van der Waals surface area contributed by atoms with Gasteiger partial charge in [-0.3, -0.25) is 9.59 Å². The van der Waals surface area contributed by atoms with E-state index in [2.05, 4.69) is 0 Å². The van der Waals surface area contributed by atoms with Gasteiger partial charge in [0.2, 0.25) is 0 Å². The van der Waals surface area contributed by atoms with E-state index in [1.807, 2.05) is 54.6 Å². The molecular weight excluding hydrogens is 306 g/mol. The zero-order valence-corrected chi connectivity index (χ0v) is 13.8. The summed E-state index contributed by atoms with van der Waals surface area (Å²) in [6.07, 6.45) is 0. The average molecular weight is 327 g/mol. The first-order chi connectivity index (χ1) is 11.5. The third kappa shape index (κ3) is 4.59. The Morgan fingerprint density at radius 1 is 1.08 bits per heavy atom. The van der Waals surface area contributed by atoms with E-state index in [1.54, 1.807) is 14.0 Å². The number of carbonyl (C=O) groups is 2. The molecule has 2 aromatic carbocycles. The Morgan fingerprint density at radius 3 is 2.38 bits per heavy atom. The van der Waals surface area contributed by atoms with Gasteiger partial charge in [0, 0.05) is 19.2 Å². The monoisotopic (exact) mass is 327 g/mol. The second-order valence-corrected chi connectivity index (χ2v) is 5.66. The van der Waals surface area contributed by atoms with E-state index in [0.29, 0.717) is 5.75 Å². The quantitative estimate of drug-likeness (QED) is 0.849. The molecule has 0 radical (unpaired) electrons. The molecule has 1 N–H and O–H groups in total. The average Bonchev–Trinajstić information content (AvgIpc) is 2.60. The van der Waals surface area contributed by atoms with Gasteiger partial charge in [-0.05, 0) is 11.6 Å². The standard InChI is InChI=1S/C19H21NO4/c1-14(19(22)23)12-20(2)18(21)13-24-17-11-7-6-10-16(17)15-8-4-3-5-9-15/h3-11,14H,12-13H2,1-2H3,(H,22,23). The highest BCUT2D eigenvalue weighted by Gasteiger charge is 2.18. The van der Waals surface area contributed by atoms with Crippen molar-refractivity contribution < 1.29 is 19.4 Å². The fourth-order valence-corrected chi connectivity index (χ4v) is 2.29. The highest BCUT2D eigenvalue weighted by molar-refractivity contribution is 5.79. The van der Waals surface area contributed by atoms with Gasteiger partial charge < -0.3 is 14.7 Å². The molecule has 0 aliphatic carbocycles. The molecule has 1 amide bonds. The maximum absolute atomic E-state index is 12.1. The minimum absolute atomic E-state index is 0.132. The minimum Gasteiger partial charge on any atom is -0.483 e. The molecule has 0 aliphatic heterocycles. The van der Waals surface area contributed by atoms with Crippen LogP contribution < -0.4 is 4.74 Å². The van der Waals surface area contributed by atoms with E-state index in [4.69, 9.17) is 9.84 Å². The van der Waals surface area contributed by atoms with Crippen LogP contribution in [0.2, 0.25) is 0 Å². The molecule has 126 valence electrons. The number of hydrogen-bond acceptors (Lipinski definition) is 3. The van der Waals surface area contributed by atoms with E-state index in [-0.39, 0.29) is 19.1 Å². The van der Waals surface area contributed by atoms with Crippen molar-refractivity contribution in [2.75, 3.05) is 20.2 Å². The zero-order valence-electron chi connectivity index (χ0n) is 13.8. The molecule has 5 heteroatoms. The predicted molar refractivity (Wildman–Crippen MR) is 91.8 cm³/mol. The summed E-state index contributed by atoms with van der Waals surface area (Å²) in [7, 11) is 1.58. The summed E-state index contributed by atoms with van der Waals surface area (Å²) in [5.74, 6) is -1.18. The van der Waals surface area contributed by atoms with E-state index in [0.717, 1.165) is 11.1 Å². The van der Waals surface area contributed by atoms with Crippen LogP contribution in [0.1, 0.15) is 6.92 Å². The molecule has 1 unspecified atom stereocenters. The molecular formula is C19H21NO4. The molecule has 1 atom stereocenters. The number of hydrogen-bond donors (Lipinski definition) is 1. The highest BCUT2D eigenvalue weighted by atomic mass is 16.5. The molecule has 0 fully saturated rings. The second kappa shape index (κ2) is 8.15. The Kier molecular flexibility index (Phi) is 5.95. The number of aliphatic carboxylic acids is 1. The van der Waals surface area contributed by atoms with Crippen molar-refractivity contribution in [2.24, 2.45) is 5.92 Å². The van der Waals surface area contributed by atoms with Crippen molar-refractivity contribution in [1.29, 1.82) is 0 Å². The maximum atomic E-state index is 12.1. The maximum Gasteiger partial charge on any atom is 0.308 e. The molecule has 0 saturated heterocycles. The van der Waals surface area contributed by atoms with Crippen molar-refractivity contribution in [3.05, 3.63) is 54.6 Å². The van der Waals surface area contributed by atoms with E-state index in [9.17, 15) is 9.59 Å². The van der Waals surface area contributed by atoms with Crippen LogP contribution in [0, 0.1) is 5.92 Å². The van der Waals surface area contributed by atoms with Gasteiger partial charge in [-0.1, -0.05) is 55.5 Å². The van der Waals surface area contributed by atoms with Crippen molar-refractivity contribution in [3.63, 3.8) is 0 Å². The van der Waals surface area contributed by atoms with Crippen molar-refractivity contribution in [3.8, 4) is 16.9 Å². The third-order valence-electron chi connectivity index (χ3n) is 3.72. The van der Waals surface area contributed by atoms with Crippen LogP contribution in [0.25, 0.3) is 11.1 Å². The lowest BCUT2D eigenvalue weighted by molar-refractivity contribution is -0.143. The number of benzene rings is 2. The van der Waals surface area contributed by atoms with Gasteiger partial charge in [0.05, 0.1) is 5.92 Å². The summed E-state index contributed by atoms with van der Waals surface area (Å²) >= 11 is 0. The fraction of sp³-hybridized carbons (Fsp3) is 0.263. The van der Waals surface area contributed by atoms with Crippen LogP contribution in [-0.2, 0) is 9.59 Å². The zero-order chi connectivity index (χ0) is 17.5. The predicted octanol–water partition coefficient (Wildman–Crippen LogP) is 2.91. The Morgan fingerprint density at radius 2 is 1.71 bits per heavy atom. The van der Waals surface area contributed by atoms with Crippen molar-refractivity contribution in [2.45, 2.75) is 6.92 Å². The van der Waals surface area contributed by atoms with Gasteiger partial charge in [-0.15, -0.1) is 0 Å². The molecule has 0 aliphatic rings. The number of carboxylic acids is 1. The van der Waals surface area contributed by atoms with Gasteiger partial charge in [-0.25, -0.2) is 0 Å². The Bertz CT molecular complexity index is 700. The smallest absolute Gasteiger partial charge is 0.308 e. The van der Waals surface area contributed by atoms with Crippen LogP contribution in [0.3, 0.4) is 0 Å². The molecule has 0 spiro atoms. The first-order valence-corrected chi connectivity index (χ1v) is 7.73. The minimum atomic E-state index is -0.926. The second-order valence-electron chi connectivity index (χ2n) is 5.66. The molecule has 0 heterocycles. The van der Waals surface area contributed by atoms with Crippen LogP contribution in [0.5, 0.6) is 5.75 Å². The number of amides is 1. The van der Waals surface area contributed by atoms with Crippen LogP contribution in [-0.4, -0.2) is 42.1 Å². The molecule has 2 rings (SSSR count). The number of ether oxygens (including phenoxy) is 1. The lowest BCUT2D eigenvalue weighted by atomic mass is 10.1. The van der Waals surface area contributed by atoms with Gasteiger partial charge in [0.15, 0.2) is 6.61 Å². The summed E-state index contributed by atoms with van der Waals surface area (Å²) < 4.78 is 5.68. The Hall–Kier alpha value is -2.82. The van der Waals surface area contributed by atoms with Crippen molar-refractivity contribution in [1.82, 2.24) is 4.90 Å². The Balaban J connectivity index is 2.02. The summed E-state index contributed by atoms with van der Waals surface area (Å²) in [6.45, 7) is 1.59. The van der Waals surface area contributed by atoms with E-state index < -0.39 is 11.9 Å². The number of carboxylic acid groups (broad SMARTS) is 1.